The highest BCUT2D eigenvalue weighted by Gasteiger charge is 2.12. The molecule has 0 saturated carbocycles. The third-order valence-corrected chi connectivity index (χ3v) is 4.13. The van der Waals surface area contributed by atoms with E-state index in [9.17, 15) is 12.8 Å². The van der Waals surface area contributed by atoms with E-state index in [0.717, 1.165) is 12.0 Å². The minimum absolute atomic E-state index is 0.0493. The van der Waals surface area contributed by atoms with Gasteiger partial charge in [-0.2, -0.15) is 4.98 Å². The highest BCUT2D eigenvalue weighted by atomic mass is 32.2. The maximum Gasteiger partial charge on any atom is 0.255 e. The summed E-state index contributed by atoms with van der Waals surface area (Å²) >= 11 is 0. The topological polar surface area (TPSA) is 76.9 Å². The fourth-order valence-electron chi connectivity index (χ4n) is 1.72. The van der Waals surface area contributed by atoms with E-state index in [1.807, 2.05) is 6.92 Å². The average molecular weight is 312 g/mol. The highest BCUT2D eigenvalue weighted by Crippen LogP contribution is 2.07. The van der Waals surface area contributed by atoms with E-state index in [-0.39, 0.29) is 17.5 Å². The lowest BCUT2D eigenvalue weighted by molar-refractivity contribution is 0.597. The quantitative estimate of drug-likeness (QED) is 0.848. The van der Waals surface area contributed by atoms with Crippen molar-refractivity contribution in [3.05, 3.63) is 42.0 Å². The van der Waals surface area contributed by atoms with Gasteiger partial charge < -0.3 is 0 Å². The first-order chi connectivity index (χ1) is 9.98. The molecule has 0 radical (unpaired) electrons. The van der Waals surface area contributed by atoms with Gasteiger partial charge in [0.05, 0.1) is 12.3 Å². The van der Waals surface area contributed by atoms with E-state index in [0.29, 0.717) is 13.0 Å². The number of unbranched alkanes of at least 4 members (excludes halogenated alkanes) is 1. The number of nitrogens with zero attached hydrogens (tertiary/aromatic N) is 3. The molecule has 0 spiro atoms. The molecule has 1 aromatic carbocycles. The van der Waals surface area contributed by atoms with Gasteiger partial charge in [0.25, 0.3) is 5.95 Å². The summed E-state index contributed by atoms with van der Waals surface area (Å²) in [6.45, 7) is 2.31. The zero-order valence-corrected chi connectivity index (χ0v) is 12.5. The molecule has 0 amide bonds. The summed E-state index contributed by atoms with van der Waals surface area (Å²) in [6, 6.07) is 6.01. The van der Waals surface area contributed by atoms with Crippen LogP contribution in [0, 0.1) is 5.82 Å². The zero-order valence-electron chi connectivity index (χ0n) is 11.7. The van der Waals surface area contributed by atoms with Gasteiger partial charge in [-0.1, -0.05) is 25.5 Å². The second-order valence-electron chi connectivity index (χ2n) is 4.67. The lowest BCUT2D eigenvalue weighted by Gasteiger charge is -2.03. The van der Waals surface area contributed by atoms with Crippen LogP contribution >= 0.6 is 0 Å². The van der Waals surface area contributed by atoms with Gasteiger partial charge in [-0.3, -0.25) is 0 Å². The van der Waals surface area contributed by atoms with Crippen molar-refractivity contribution in [3.8, 4) is 0 Å². The van der Waals surface area contributed by atoms with Crippen LogP contribution in [0.4, 0.5) is 10.3 Å². The predicted molar refractivity (Wildman–Crippen MR) is 77.8 cm³/mol. The van der Waals surface area contributed by atoms with Gasteiger partial charge in [0, 0.05) is 0 Å². The molecule has 0 fully saturated rings. The molecule has 2 rings (SSSR count). The standard InChI is InChI=1S/C13H17FN4O2S/c1-2-3-8-21(19,20)17-13-15-10-18(16-13)9-11-4-6-12(14)7-5-11/h4-7,10H,2-3,8-9H2,1H3,(H,16,17). The number of sulfonamides is 1. The summed E-state index contributed by atoms with van der Waals surface area (Å²) in [6.07, 6.45) is 2.82. The molecule has 8 heteroatoms. The molecule has 0 aliphatic rings. The van der Waals surface area contributed by atoms with Crippen LogP contribution in [0.2, 0.25) is 0 Å². The smallest absolute Gasteiger partial charge is 0.250 e. The molecular weight excluding hydrogens is 295 g/mol. The van der Waals surface area contributed by atoms with Crippen LogP contribution in [-0.4, -0.2) is 28.9 Å². The summed E-state index contributed by atoms with van der Waals surface area (Å²) in [5.41, 5.74) is 0.849. The van der Waals surface area contributed by atoms with E-state index in [4.69, 9.17) is 0 Å². The average Bonchev–Trinajstić information content (AvgIpc) is 2.85. The molecule has 0 bridgehead atoms. The first kappa shape index (κ1) is 15.4. The Morgan fingerprint density at radius 1 is 1.29 bits per heavy atom. The van der Waals surface area contributed by atoms with Gasteiger partial charge >= 0.3 is 0 Å². The lowest BCUT2D eigenvalue weighted by atomic mass is 10.2. The summed E-state index contributed by atoms with van der Waals surface area (Å²) in [7, 11) is -3.40. The van der Waals surface area contributed by atoms with Crippen molar-refractivity contribution in [2.24, 2.45) is 0 Å². The molecule has 1 N–H and O–H groups in total. The van der Waals surface area contributed by atoms with Crippen molar-refractivity contribution in [2.45, 2.75) is 26.3 Å². The number of benzene rings is 1. The molecule has 1 heterocycles. The summed E-state index contributed by atoms with van der Waals surface area (Å²) in [5, 5.41) is 4.04. The van der Waals surface area contributed by atoms with Crippen molar-refractivity contribution in [1.29, 1.82) is 0 Å². The largest absolute Gasteiger partial charge is 0.255 e. The maximum absolute atomic E-state index is 12.8. The van der Waals surface area contributed by atoms with Gasteiger partial charge in [0.2, 0.25) is 10.0 Å². The highest BCUT2D eigenvalue weighted by molar-refractivity contribution is 7.92. The van der Waals surface area contributed by atoms with E-state index >= 15 is 0 Å². The Hall–Kier alpha value is -1.96. The minimum atomic E-state index is -3.40. The second kappa shape index (κ2) is 6.66. The molecule has 0 unspecified atom stereocenters. The Bertz CT molecular complexity index is 682. The van der Waals surface area contributed by atoms with Crippen LogP contribution in [0.3, 0.4) is 0 Å². The van der Waals surface area contributed by atoms with Gasteiger partial charge in [0.1, 0.15) is 12.1 Å². The Labute approximate surface area is 123 Å². The zero-order chi connectivity index (χ0) is 15.3. The van der Waals surface area contributed by atoms with Crippen LogP contribution in [0.1, 0.15) is 25.3 Å². The first-order valence-electron chi connectivity index (χ1n) is 6.63. The van der Waals surface area contributed by atoms with Crippen LogP contribution < -0.4 is 4.72 Å². The van der Waals surface area contributed by atoms with E-state index < -0.39 is 10.0 Å². The number of halogens is 1. The fourth-order valence-corrected chi connectivity index (χ4v) is 2.86. The maximum atomic E-state index is 12.8. The molecule has 0 aliphatic carbocycles. The number of hydrogen-bond donors (Lipinski definition) is 1. The third-order valence-electron chi connectivity index (χ3n) is 2.81. The van der Waals surface area contributed by atoms with E-state index in [1.165, 1.54) is 23.1 Å². The third kappa shape index (κ3) is 4.82. The van der Waals surface area contributed by atoms with Crippen LogP contribution in [0.15, 0.2) is 30.6 Å². The van der Waals surface area contributed by atoms with Gasteiger partial charge in [-0.15, -0.1) is 5.10 Å². The Balaban J connectivity index is 1.99. The van der Waals surface area contributed by atoms with E-state index in [1.54, 1.807) is 12.1 Å². The second-order valence-corrected chi connectivity index (χ2v) is 6.51. The number of anilines is 1. The molecule has 21 heavy (non-hydrogen) atoms. The molecule has 0 atom stereocenters. The van der Waals surface area contributed by atoms with Crippen LogP contribution in [0.5, 0.6) is 0 Å². The molecular formula is C13H17FN4O2S. The summed E-state index contributed by atoms with van der Waals surface area (Å²) in [4.78, 5) is 3.91. The first-order valence-corrected chi connectivity index (χ1v) is 8.28. The summed E-state index contributed by atoms with van der Waals surface area (Å²) < 4.78 is 40.1. The molecule has 6 nitrogen and oxygen atoms in total. The molecule has 2 aromatic rings. The molecule has 114 valence electrons. The Kier molecular flexibility index (Phi) is 4.89. The van der Waals surface area contributed by atoms with Crippen molar-refractivity contribution >= 4 is 16.0 Å². The van der Waals surface area contributed by atoms with Crippen molar-refractivity contribution < 1.29 is 12.8 Å². The van der Waals surface area contributed by atoms with Gasteiger partial charge in [-0.05, 0) is 24.1 Å². The summed E-state index contributed by atoms with van der Waals surface area (Å²) in [5.74, 6) is -0.203. The van der Waals surface area contributed by atoms with Crippen LogP contribution in [-0.2, 0) is 16.6 Å². The van der Waals surface area contributed by atoms with Gasteiger partial charge in [0.15, 0.2) is 0 Å². The molecule has 1 aromatic heterocycles. The number of nitrogens with one attached hydrogen (secondary N) is 1. The monoisotopic (exact) mass is 312 g/mol. The fraction of sp³-hybridized carbons (Fsp3) is 0.385. The van der Waals surface area contributed by atoms with Crippen LogP contribution in [0.25, 0.3) is 0 Å². The number of aromatic nitrogens is 3. The predicted octanol–water partition coefficient (Wildman–Crippen LogP) is 2.01. The lowest BCUT2D eigenvalue weighted by Crippen LogP contribution is -2.17. The van der Waals surface area contributed by atoms with Crippen molar-refractivity contribution in [1.82, 2.24) is 14.8 Å². The Morgan fingerprint density at radius 2 is 2.00 bits per heavy atom. The van der Waals surface area contributed by atoms with Gasteiger partial charge in [-0.25, -0.2) is 22.2 Å². The van der Waals surface area contributed by atoms with Crippen molar-refractivity contribution in [2.75, 3.05) is 10.5 Å². The Morgan fingerprint density at radius 3 is 2.67 bits per heavy atom. The van der Waals surface area contributed by atoms with Crippen molar-refractivity contribution in [3.63, 3.8) is 0 Å². The number of rotatable bonds is 7. The minimum Gasteiger partial charge on any atom is -0.250 e. The molecule has 0 saturated heterocycles. The SMILES string of the molecule is CCCCS(=O)(=O)Nc1ncn(Cc2ccc(F)cc2)n1. The normalized spacial score (nSPS) is 11.5. The molecule has 0 aliphatic heterocycles. The number of hydrogen-bond acceptors (Lipinski definition) is 4. The van der Waals surface area contributed by atoms with E-state index in [2.05, 4.69) is 14.8 Å².